The maximum atomic E-state index is 12.1. The van der Waals surface area contributed by atoms with E-state index in [0.29, 0.717) is 12.5 Å². The van der Waals surface area contributed by atoms with Crippen molar-refractivity contribution in [2.45, 2.75) is 13.5 Å². The van der Waals surface area contributed by atoms with E-state index in [-0.39, 0.29) is 11.8 Å². The molecular weight excluding hydrogens is 258 g/mol. The van der Waals surface area contributed by atoms with Crippen molar-refractivity contribution in [3.8, 4) is 0 Å². The van der Waals surface area contributed by atoms with E-state index in [0.717, 1.165) is 23.6 Å². The molecule has 2 aromatic rings. The van der Waals surface area contributed by atoms with Crippen LogP contribution in [0.4, 0.5) is 0 Å². The van der Waals surface area contributed by atoms with E-state index in [2.05, 4.69) is 28.6 Å². The first-order chi connectivity index (χ1) is 9.24. The van der Waals surface area contributed by atoms with Gasteiger partial charge < -0.3 is 10.6 Å². The summed E-state index contributed by atoms with van der Waals surface area (Å²) in [6, 6.07) is 8.05. The SMILES string of the molecule is CC1CNCC1C(=O)NCc1nc2ccccc2s1. The number of benzene rings is 1. The number of para-hydroxylation sites is 1. The number of fused-ring (bicyclic) bond motifs is 1. The van der Waals surface area contributed by atoms with Gasteiger partial charge in [0.1, 0.15) is 5.01 Å². The Hall–Kier alpha value is -1.46. The van der Waals surface area contributed by atoms with Gasteiger partial charge in [0.25, 0.3) is 0 Å². The Kier molecular flexibility index (Phi) is 3.48. The van der Waals surface area contributed by atoms with E-state index < -0.39 is 0 Å². The summed E-state index contributed by atoms with van der Waals surface area (Å²) in [6.07, 6.45) is 0. The van der Waals surface area contributed by atoms with Gasteiger partial charge in [-0.05, 0) is 24.6 Å². The largest absolute Gasteiger partial charge is 0.349 e. The lowest BCUT2D eigenvalue weighted by Crippen LogP contribution is -2.33. The lowest BCUT2D eigenvalue weighted by atomic mass is 9.97. The van der Waals surface area contributed by atoms with Crippen LogP contribution in [-0.2, 0) is 11.3 Å². The molecule has 2 unspecified atom stereocenters. The Morgan fingerprint density at radius 3 is 3.05 bits per heavy atom. The molecule has 100 valence electrons. The summed E-state index contributed by atoms with van der Waals surface area (Å²) >= 11 is 1.64. The zero-order chi connectivity index (χ0) is 13.2. The predicted octanol–water partition coefficient (Wildman–Crippen LogP) is 1.77. The van der Waals surface area contributed by atoms with Crippen molar-refractivity contribution in [3.63, 3.8) is 0 Å². The molecule has 0 bridgehead atoms. The second kappa shape index (κ2) is 5.27. The van der Waals surface area contributed by atoms with E-state index >= 15 is 0 Å². The lowest BCUT2D eigenvalue weighted by molar-refractivity contribution is -0.125. The van der Waals surface area contributed by atoms with Crippen molar-refractivity contribution in [1.82, 2.24) is 15.6 Å². The minimum Gasteiger partial charge on any atom is -0.349 e. The minimum absolute atomic E-state index is 0.0920. The van der Waals surface area contributed by atoms with Gasteiger partial charge in [-0.25, -0.2) is 4.98 Å². The quantitative estimate of drug-likeness (QED) is 0.897. The number of nitrogens with one attached hydrogen (secondary N) is 2. The average Bonchev–Trinajstić information content (AvgIpc) is 3.01. The third-order valence-corrected chi connectivity index (χ3v) is 4.64. The van der Waals surface area contributed by atoms with E-state index in [9.17, 15) is 4.79 Å². The standard InChI is InChI=1S/C14H17N3OS/c1-9-6-15-7-10(9)14(18)16-8-13-17-11-4-2-3-5-12(11)19-13/h2-5,9-10,15H,6-8H2,1H3,(H,16,18). The summed E-state index contributed by atoms with van der Waals surface area (Å²) in [4.78, 5) is 16.6. The molecule has 1 aliphatic rings. The molecule has 2 atom stereocenters. The smallest absolute Gasteiger partial charge is 0.225 e. The molecule has 0 spiro atoms. The zero-order valence-corrected chi connectivity index (χ0v) is 11.7. The molecule has 5 heteroatoms. The Bertz CT molecular complexity index is 562. The molecule has 2 N–H and O–H groups in total. The second-order valence-electron chi connectivity index (χ2n) is 5.04. The first-order valence-electron chi connectivity index (χ1n) is 6.57. The highest BCUT2D eigenvalue weighted by Crippen LogP contribution is 2.21. The van der Waals surface area contributed by atoms with Gasteiger partial charge in [0.15, 0.2) is 0 Å². The number of carbonyl (C=O) groups excluding carboxylic acids is 1. The van der Waals surface area contributed by atoms with Crippen LogP contribution in [0.5, 0.6) is 0 Å². The fourth-order valence-electron chi connectivity index (χ4n) is 2.45. The number of amides is 1. The van der Waals surface area contributed by atoms with Crippen molar-refractivity contribution >= 4 is 27.5 Å². The summed E-state index contributed by atoms with van der Waals surface area (Å²) in [5, 5.41) is 7.22. The summed E-state index contributed by atoms with van der Waals surface area (Å²) in [5.41, 5.74) is 1.01. The molecule has 2 heterocycles. The van der Waals surface area contributed by atoms with Crippen LogP contribution in [0.25, 0.3) is 10.2 Å². The third kappa shape index (κ3) is 2.62. The normalized spacial score (nSPS) is 22.8. The van der Waals surface area contributed by atoms with Crippen molar-refractivity contribution in [2.75, 3.05) is 13.1 Å². The van der Waals surface area contributed by atoms with Crippen molar-refractivity contribution in [2.24, 2.45) is 11.8 Å². The molecule has 1 amide bonds. The van der Waals surface area contributed by atoms with Crippen molar-refractivity contribution in [1.29, 1.82) is 0 Å². The second-order valence-corrected chi connectivity index (χ2v) is 6.15. The number of nitrogens with zero attached hydrogens (tertiary/aromatic N) is 1. The van der Waals surface area contributed by atoms with Crippen LogP contribution < -0.4 is 10.6 Å². The van der Waals surface area contributed by atoms with E-state index in [1.807, 2.05) is 18.2 Å². The first-order valence-corrected chi connectivity index (χ1v) is 7.38. The Morgan fingerprint density at radius 2 is 2.32 bits per heavy atom. The molecule has 1 aromatic heterocycles. The Balaban J connectivity index is 1.64. The fraction of sp³-hybridized carbons (Fsp3) is 0.429. The monoisotopic (exact) mass is 275 g/mol. The molecule has 3 rings (SSSR count). The van der Waals surface area contributed by atoms with Crippen LogP contribution in [0, 0.1) is 11.8 Å². The molecule has 0 radical (unpaired) electrons. The van der Waals surface area contributed by atoms with Crippen LogP contribution in [0.15, 0.2) is 24.3 Å². The van der Waals surface area contributed by atoms with Gasteiger partial charge in [-0.1, -0.05) is 19.1 Å². The van der Waals surface area contributed by atoms with Gasteiger partial charge in [-0.15, -0.1) is 11.3 Å². The summed E-state index contributed by atoms with van der Waals surface area (Å²) in [6.45, 7) is 4.36. The Morgan fingerprint density at radius 1 is 1.47 bits per heavy atom. The summed E-state index contributed by atoms with van der Waals surface area (Å²) < 4.78 is 1.17. The van der Waals surface area contributed by atoms with Gasteiger partial charge in [0.05, 0.1) is 22.7 Å². The van der Waals surface area contributed by atoms with E-state index in [1.54, 1.807) is 11.3 Å². The molecule has 1 aliphatic heterocycles. The highest BCUT2D eigenvalue weighted by atomic mass is 32.1. The van der Waals surface area contributed by atoms with Crippen LogP contribution in [0.3, 0.4) is 0 Å². The number of thiazole rings is 1. The number of hydrogen-bond acceptors (Lipinski definition) is 4. The molecule has 1 saturated heterocycles. The lowest BCUT2D eigenvalue weighted by Gasteiger charge is -2.13. The van der Waals surface area contributed by atoms with Crippen molar-refractivity contribution < 1.29 is 4.79 Å². The zero-order valence-electron chi connectivity index (χ0n) is 10.8. The van der Waals surface area contributed by atoms with Gasteiger partial charge >= 0.3 is 0 Å². The molecule has 0 aliphatic carbocycles. The van der Waals surface area contributed by atoms with Crippen LogP contribution >= 0.6 is 11.3 Å². The molecular formula is C14H17N3OS. The molecule has 1 aromatic carbocycles. The number of rotatable bonds is 3. The molecule has 4 nitrogen and oxygen atoms in total. The first kappa shape index (κ1) is 12.6. The van der Waals surface area contributed by atoms with Gasteiger partial charge in [0.2, 0.25) is 5.91 Å². The maximum Gasteiger partial charge on any atom is 0.225 e. The minimum atomic E-state index is 0.0920. The maximum absolute atomic E-state index is 12.1. The average molecular weight is 275 g/mol. The van der Waals surface area contributed by atoms with Crippen molar-refractivity contribution in [3.05, 3.63) is 29.3 Å². The third-order valence-electron chi connectivity index (χ3n) is 3.61. The van der Waals surface area contributed by atoms with E-state index in [1.165, 1.54) is 4.70 Å². The highest BCUT2D eigenvalue weighted by Gasteiger charge is 2.29. The fourth-order valence-corrected chi connectivity index (χ4v) is 3.36. The predicted molar refractivity (Wildman–Crippen MR) is 77.0 cm³/mol. The summed E-state index contributed by atoms with van der Waals surface area (Å²) in [7, 11) is 0. The van der Waals surface area contributed by atoms with Gasteiger partial charge in [-0.3, -0.25) is 4.79 Å². The molecule has 19 heavy (non-hydrogen) atoms. The van der Waals surface area contributed by atoms with Gasteiger partial charge in [-0.2, -0.15) is 0 Å². The Labute approximate surface area is 116 Å². The van der Waals surface area contributed by atoms with Crippen LogP contribution in [0.1, 0.15) is 11.9 Å². The van der Waals surface area contributed by atoms with E-state index in [4.69, 9.17) is 0 Å². The number of carbonyl (C=O) groups is 1. The molecule has 1 fully saturated rings. The number of aromatic nitrogens is 1. The topological polar surface area (TPSA) is 54.0 Å². The number of hydrogen-bond donors (Lipinski definition) is 2. The van der Waals surface area contributed by atoms with Crippen LogP contribution in [-0.4, -0.2) is 24.0 Å². The highest BCUT2D eigenvalue weighted by molar-refractivity contribution is 7.18. The summed E-state index contributed by atoms with van der Waals surface area (Å²) in [5.74, 6) is 0.640. The molecule has 0 saturated carbocycles. The van der Waals surface area contributed by atoms with Gasteiger partial charge in [0, 0.05) is 6.54 Å². The van der Waals surface area contributed by atoms with Crippen LogP contribution in [0.2, 0.25) is 0 Å².